The highest BCUT2D eigenvalue weighted by Gasteiger charge is 2.10. The quantitative estimate of drug-likeness (QED) is 0.355. The molecule has 1 heterocycles. The second-order valence-electron chi connectivity index (χ2n) is 2.08. The van der Waals surface area contributed by atoms with Gasteiger partial charge in [-0.25, -0.2) is 19.2 Å². The van der Waals surface area contributed by atoms with Gasteiger partial charge in [-0.3, -0.25) is 0 Å². The number of carbonyl (C=O) groups excluding carboxylic acids is 2. The lowest BCUT2D eigenvalue weighted by atomic mass is 10.5. The molecule has 0 fully saturated rings. The highest BCUT2D eigenvalue weighted by molar-refractivity contribution is 6.04. The normalized spacial score (nSPS) is 13.3. The van der Waals surface area contributed by atoms with E-state index in [0.717, 1.165) is 12.2 Å². The second-order valence-corrected chi connectivity index (χ2v) is 2.08. The van der Waals surface area contributed by atoms with Crippen LogP contribution < -0.4 is 0 Å². The third-order valence-corrected chi connectivity index (χ3v) is 0.925. The Morgan fingerprint density at radius 2 is 1.33 bits per heavy atom. The van der Waals surface area contributed by atoms with Crippen molar-refractivity contribution >= 4 is 23.9 Å². The Morgan fingerprint density at radius 3 is 1.47 bits per heavy atom. The lowest BCUT2D eigenvalue weighted by Crippen LogP contribution is -1.96. The minimum absolute atomic E-state index is 0.558. The number of aliphatic carboxylic acids is 2. The molecule has 0 saturated carbocycles. The van der Waals surface area contributed by atoms with Gasteiger partial charge in [-0.2, -0.15) is 0 Å². The largest absolute Gasteiger partial charge is 0.478 e. The van der Waals surface area contributed by atoms with Crippen molar-refractivity contribution in [2.75, 3.05) is 0 Å². The second kappa shape index (κ2) is 6.08. The summed E-state index contributed by atoms with van der Waals surface area (Å²) < 4.78 is 3.97. The first-order valence-corrected chi connectivity index (χ1v) is 3.49. The lowest BCUT2D eigenvalue weighted by molar-refractivity contribution is -0.150. The Bertz CT molecular complexity index is 318. The van der Waals surface area contributed by atoms with Crippen LogP contribution in [0.2, 0.25) is 0 Å². The fourth-order valence-corrected chi connectivity index (χ4v) is 0.446. The van der Waals surface area contributed by atoms with E-state index in [1.54, 1.807) is 0 Å². The maximum Gasteiger partial charge on any atom is 0.338 e. The van der Waals surface area contributed by atoms with Gasteiger partial charge < -0.3 is 14.9 Å². The predicted octanol–water partition coefficient (Wildman–Crippen LogP) is -0.662. The van der Waals surface area contributed by atoms with E-state index in [9.17, 15) is 19.2 Å². The number of carboxylic acids is 2. The van der Waals surface area contributed by atoms with Crippen molar-refractivity contribution in [3.8, 4) is 0 Å². The zero-order valence-electron chi connectivity index (χ0n) is 7.25. The fraction of sp³-hybridized carbons (Fsp3) is 0. The standard InChI is InChI=1S/C4H4O4.C4H2O3/c5-3(6)1-2-4(7)8;5-3-1-2-4(6)7-3/h1-2H,(H,5,6)(H,7,8);1-2H/b2-1+;. The molecule has 0 aromatic heterocycles. The molecule has 0 aromatic rings. The van der Waals surface area contributed by atoms with E-state index in [-0.39, 0.29) is 0 Å². The summed E-state index contributed by atoms with van der Waals surface area (Å²) >= 11 is 0. The average molecular weight is 214 g/mol. The molecular formula is C8H6O7. The highest BCUT2D eigenvalue weighted by atomic mass is 16.6. The molecule has 0 spiro atoms. The van der Waals surface area contributed by atoms with Gasteiger partial charge in [0.2, 0.25) is 0 Å². The minimum atomic E-state index is -1.26. The molecule has 1 rings (SSSR count). The molecule has 2 N–H and O–H groups in total. The lowest BCUT2D eigenvalue weighted by Gasteiger charge is -1.80. The van der Waals surface area contributed by atoms with Gasteiger partial charge >= 0.3 is 23.9 Å². The molecule has 0 radical (unpaired) electrons. The van der Waals surface area contributed by atoms with Gasteiger partial charge in [0.1, 0.15) is 0 Å². The molecule has 15 heavy (non-hydrogen) atoms. The molecule has 0 saturated heterocycles. The van der Waals surface area contributed by atoms with Crippen molar-refractivity contribution in [2.45, 2.75) is 0 Å². The molecule has 80 valence electrons. The molecule has 1 aliphatic heterocycles. The fourth-order valence-electron chi connectivity index (χ4n) is 0.446. The Balaban J connectivity index is 0.000000262. The average Bonchev–Trinajstić information content (AvgIpc) is 2.47. The summed E-state index contributed by atoms with van der Waals surface area (Å²) in [4.78, 5) is 39.0. The van der Waals surface area contributed by atoms with Gasteiger partial charge in [0.25, 0.3) is 0 Å². The molecule has 0 bridgehead atoms. The van der Waals surface area contributed by atoms with Gasteiger partial charge in [0.05, 0.1) is 0 Å². The van der Waals surface area contributed by atoms with Crippen LogP contribution in [0.5, 0.6) is 0 Å². The molecule has 7 heteroatoms. The van der Waals surface area contributed by atoms with Crippen LogP contribution in [-0.2, 0) is 23.9 Å². The highest BCUT2D eigenvalue weighted by Crippen LogP contribution is 1.92. The van der Waals surface area contributed by atoms with Crippen LogP contribution in [0.3, 0.4) is 0 Å². The van der Waals surface area contributed by atoms with Crippen molar-refractivity contribution in [1.82, 2.24) is 0 Å². The Hall–Kier alpha value is -2.44. The zero-order valence-corrected chi connectivity index (χ0v) is 7.25. The summed E-state index contributed by atoms with van der Waals surface area (Å²) in [6.45, 7) is 0. The summed E-state index contributed by atoms with van der Waals surface area (Å²) in [5.74, 6) is -3.67. The first kappa shape index (κ1) is 12.6. The minimum Gasteiger partial charge on any atom is -0.478 e. The first-order valence-electron chi connectivity index (χ1n) is 3.49. The number of cyclic esters (lactones) is 2. The topological polar surface area (TPSA) is 118 Å². The van der Waals surface area contributed by atoms with Crippen molar-refractivity contribution in [3.63, 3.8) is 0 Å². The van der Waals surface area contributed by atoms with Crippen LogP contribution in [0.15, 0.2) is 24.3 Å². The molecule has 0 unspecified atom stereocenters. The van der Waals surface area contributed by atoms with E-state index in [2.05, 4.69) is 4.74 Å². The molecule has 0 amide bonds. The molecule has 0 aliphatic carbocycles. The van der Waals surface area contributed by atoms with Crippen LogP contribution in [0.4, 0.5) is 0 Å². The van der Waals surface area contributed by atoms with E-state index in [1.807, 2.05) is 0 Å². The van der Waals surface area contributed by atoms with Crippen LogP contribution in [-0.4, -0.2) is 34.1 Å². The summed E-state index contributed by atoms with van der Waals surface area (Å²) in [5.41, 5.74) is 0. The molecular weight excluding hydrogens is 208 g/mol. The third-order valence-electron chi connectivity index (χ3n) is 0.925. The third kappa shape index (κ3) is 7.91. The van der Waals surface area contributed by atoms with Gasteiger partial charge in [0.15, 0.2) is 0 Å². The van der Waals surface area contributed by atoms with E-state index >= 15 is 0 Å². The van der Waals surface area contributed by atoms with Crippen LogP contribution in [0, 0.1) is 0 Å². The number of hydrogen-bond donors (Lipinski definition) is 2. The summed E-state index contributed by atoms with van der Waals surface area (Å²) in [5, 5.41) is 15.6. The van der Waals surface area contributed by atoms with Gasteiger partial charge in [-0.1, -0.05) is 0 Å². The van der Waals surface area contributed by atoms with Gasteiger partial charge in [0, 0.05) is 24.3 Å². The number of carbonyl (C=O) groups is 4. The molecule has 7 nitrogen and oxygen atoms in total. The van der Waals surface area contributed by atoms with Crippen molar-refractivity contribution in [2.24, 2.45) is 0 Å². The van der Waals surface area contributed by atoms with E-state index < -0.39 is 23.9 Å². The smallest absolute Gasteiger partial charge is 0.338 e. The Labute approximate surface area is 83.3 Å². The maximum atomic E-state index is 9.92. The van der Waals surface area contributed by atoms with E-state index in [0.29, 0.717) is 12.2 Å². The van der Waals surface area contributed by atoms with Gasteiger partial charge in [-0.15, -0.1) is 0 Å². The van der Waals surface area contributed by atoms with E-state index in [4.69, 9.17) is 10.2 Å². The van der Waals surface area contributed by atoms with Crippen LogP contribution in [0.25, 0.3) is 0 Å². The van der Waals surface area contributed by atoms with Gasteiger partial charge in [-0.05, 0) is 0 Å². The first-order chi connectivity index (χ1) is 6.91. The zero-order chi connectivity index (χ0) is 11.8. The summed E-state index contributed by atoms with van der Waals surface area (Å²) in [7, 11) is 0. The van der Waals surface area contributed by atoms with Crippen molar-refractivity contribution < 1.29 is 34.1 Å². The number of carboxylic acid groups (broad SMARTS) is 2. The number of rotatable bonds is 2. The van der Waals surface area contributed by atoms with E-state index in [1.165, 1.54) is 0 Å². The SMILES string of the molecule is O=C(O)/C=C/C(=O)O.O=C1C=CC(=O)O1. The molecule has 0 aromatic carbocycles. The predicted molar refractivity (Wildman–Crippen MR) is 44.7 cm³/mol. The Kier molecular flexibility index (Phi) is 5.09. The van der Waals surface area contributed by atoms with Crippen LogP contribution in [0.1, 0.15) is 0 Å². The number of ether oxygens (including phenoxy) is 1. The summed E-state index contributed by atoms with van der Waals surface area (Å²) in [6.07, 6.45) is 3.29. The van der Waals surface area contributed by atoms with Crippen molar-refractivity contribution in [3.05, 3.63) is 24.3 Å². The molecule has 0 atom stereocenters. The number of esters is 2. The maximum absolute atomic E-state index is 9.92. The van der Waals surface area contributed by atoms with Crippen LogP contribution >= 0.6 is 0 Å². The summed E-state index contributed by atoms with van der Waals surface area (Å²) in [6, 6.07) is 0. The monoisotopic (exact) mass is 214 g/mol. The number of hydrogen-bond acceptors (Lipinski definition) is 5. The van der Waals surface area contributed by atoms with Crippen molar-refractivity contribution in [1.29, 1.82) is 0 Å². The molecule has 1 aliphatic rings. The Morgan fingerprint density at radius 1 is 1.00 bits per heavy atom.